The van der Waals surface area contributed by atoms with Crippen molar-refractivity contribution in [3.63, 3.8) is 0 Å². The lowest BCUT2D eigenvalue weighted by atomic mass is 9.85. The highest BCUT2D eigenvalue weighted by Gasteiger charge is 2.24. The van der Waals surface area contributed by atoms with Crippen LogP contribution in [0.5, 0.6) is 0 Å². The van der Waals surface area contributed by atoms with Crippen LogP contribution in [0.3, 0.4) is 0 Å². The zero-order valence-corrected chi connectivity index (χ0v) is 13.1. The minimum absolute atomic E-state index is 0.0285. The van der Waals surface area contributed by atoms with Crippen LogP contribution in [0.1, 0.15) is 63.6 Å². The standard InChI is InChI=1S/C17H27F2N/c1-5-8-13(9-6-2)17(20-7-3)14-10-12(4)15(18)11-16(14)19/h10-11,13,17,20H,5-9H2,1-4H3. The molecule has 0 aromatic heterocycles. The number of hydrogen-bond acceptors (Lipinski definition) is 1. The molecule has 0 heterocycles. The van der Waals surface area contributed by atoms with Crippen LogP contribution >= 0.6 is 0 Å². The molecule has 1 nitrogen and oxygen atoms in total. The summed E-state index contributed by atoms with van der Waals surface area (Å²) in [6, 6.07) is 2.65. The van der Waals surface area contributed by atoms with Gasteiger partial charge < -0.3 is 5.32 Å². The lowest BCUT2D eigenvalue weighted by molar-refractivity contribution is 0.312. The van der Waals surface area contributed by atoms with Crippen LogP contribution in [0, 0.1) is 24.5 Å². The maximum absolute atomic E-state index is 14.2. The van der Waals surface area contributed by atoms with Gasteiger partial charge in [0.15, 0.2) is 0 Å². The van der Waals surface area contributed by atoms with Gasteiger partial charge in [-0.1, -0.05) is 33.6 Å². The van der Waals surface area contributed by atoms with Crippen LogP contribution in [-0.2, 0) is 0 Å². The first-order valence-corrected chi connectivity index (χ1v) is 7.73. The Labute approximate surface area is 121 Å². The predicted molar refractivity (Wildman–Crippen MR) is 80.8 cm³/mol. The van der Waals surface area contributed by atoms with Crippen LogP contribution in [-0.4, -0.2) is 6.54 Å². The van der Waals surface area contributed by atoms with E-state index in [1.807, 2.05) is 6.92 Å². The van der Waals surface area contributed by atoms with Crippen LogP contribution in [0.25, 0.3) is 0 Å². The zero-order chi connectivity index (χ0) is 15.1. The molecule has 0 radical (unpaired) electrons. The van der Waals surface area contributed by atoms with E-state index in [0.29, 0.717) is 17.0 Å². The predicted octanol–water partition coefficient (Wildman–Crippen LogP) is 5.14. The van der Waals surface area contributed by atoms with Crippen LogP contribution in [0.15, 0.2) is 12.1 Å². The van der Waals surface area contributed by atoms with Crippen molar-refractivity contribution in [3.8, 4) is 0 Å². The molecule has 1 aromatic rings. The molecule has 0 spiro atoms. The number of benzene rings is 1. The van der Waals surface area contributed by atoms with E-state index >= 15 is 0 Å². The van der Waals surface area contributed by atoms with Gasteiger partial charge in [-0.3, -0.25) is 0 Å². The highest BCUT2D eigenvalue weighted by molar-refractivity contribution is 5.28. The SMILES string of the molecule is CCCC(CCC)C(NCC)c1cc(C)c(F)cc1F. The molecule has 1 unspecified atom stereocenters. The van der Waals surface area contributed by atoms with Gasteiger partial charge in [-0.05, 0) is 43.9 Å². The maximum Gasteiger partial charge on any atom is 0.130 e. The fraction of sp³-hybridized carbons (Fsp3) is 0.647. The first-order valence-electron chi connectivity index (χ1n) is 7.73. The fourth-order valence-corrected chi connectivity index (χ4v) is 2.89. The van der Waals surface area contributed by atoms with Crippen molar-refractivity contribution < 1.29 is 8.78 Å². The third-order valence-electron chi connectivity index (χ3n) is 3.83. The molecule has 0 aliphatic carbocycles. The molecular formula is C17H27F2N. The van der Waals surface area contributed by atoms with E-state index in [1.54, 1.807) is 13.0 Å². The Bertz CT molecular complexity index is 412. The van der Waals surface area contributed by atoms with E-state index in [1.165, 1.54) is 0 Å². The van der Waals surface area contributed by atoms with Crippen molar-refractivity contribution in [2.45, 2.75) is 59.4 Å². The number of hydrogen-bond donors (Lipinski definition) is 1. The summed E-state index contributed by atoms with van der Waals surface area (Å²) in [4.78, 5) is 0. The quantitative estimate of drug-likeness (QED) is 0.696. The average molecular weight is 283 g/mol. The van der Waals surface area contributed by atoms with E-state index in [4.69, 9.17) is 0 Å². The number of nitrogens with one attached hydrogen (secondary N) is 1. The molecule has 3 heteroatoms. The van der Waals surface area contributed by atoms with E-state index in [9.17, 15) is 8.78 Å². The van der Waals surface area contributed by atoms with Crippen molar-refractivity contribution in [1.82, 2.24) is 5.32 Å². The molecule has 20 heavy (non-hydrogen) atoms. The summed E-state index contributed by atoms with van der Waals surface area (Å²) >= 11 is 0. The zero-order valence-electron chi connectivity index (χ0n) is 13.1. The van der Waals surface area contributed by atoms with E-state index < -0.39 is 11.6 Å². The molecule has 1 N–H and O–H groups in total. The Balaban J connectivity index is 3.13. The van der Waals surface area contributed by atoms with E-state index in [-0.39, 0.29) is 6.04 Å². The molecule has 1 atom stereocenters. The molecule has 0 aliphatic heterocycles. The Kier molecular flexibility index (Phi) is 7.14. The molecule has 1 aromatic carbocycles. The summed E-state index contributed by atoms with van der Waals surface area (Å²) in [6.45, 7) is 8.80. The van der Waals surface area contributed by atoms with Gasteiger partial charge in [-0.2, -0.15) is 0 Å². The van der Waals surface area contributed by atoms with Gasteiger partial charge in [0.1, 0.15) is 11.6 Å². The second kappa shape index (κ2) is 8.35. The normalized spacial score (nSPS) is 12.9. The third kappa shape index (κ3) is 4.27. The van der Waals surface area contributed by atoms with Gasteiger partial charge in [0.25, 0.3) is 0 Å². The largest absolute Gasteiger partial charge is 0.310 e. The van der Waals surface area contributed by atoms with Crippen LogP contribution < -0.4 is 5.32 Å². The first-order chi connectivity index (χ1) is 9.54. The summed E-state index contributed by atoms with van der Waals surface area (Å²) in [5.41, 5.74) is 1.12. The molecule has 0 saturated heterocycles. The Morgan fingerprint density at radius 2 is 1.60 bits per heavy atom. The number of halogens is 2. The van der Waals surface area contributed by atoms with Crippen LogP contribution in [0.2, 0.25) is 0 Å². The monoisotopic (exact) mass is 283 g/mol. The summed E-state index contributed by atoms with van der Waals surface area (Å²) in [7, 11) is 0. The van der Waals surface area contributed by atoms with Crippen molar-refractivity contribution in [3.05, 3.63) is 34.9 Å². The van der Waals surface area contributed by atoms with Gasteiger partial charge in [-0.15, -0.1) is 0 Å². The van der Waals surface area contributed by atoms with Crippen LogP contribution in [0.4, 0.5) is 8.78 Å². The van der Waals surface area contributed by atoms with E-state index in [2.05, 4.69) is 19.2 Å². The summed E-state index contributed by atoms with van der Waals surface area (Å²) in [5.74, 6) is -0.510. The molecule has 0 bridgehead atoms. The molecular weight excluding hydrogens is 256 g/mol. The minimum Gasteiger partial charge on any atom is -0.310 e. The summed E-state index contributed by atoms with van der Waals surface area (Å²) in [5, 5.41) is 3.39. The third-order valence-corrected chi connectivity index (χ3v) is 3.83. The first kappa shape index (κ1) is 17.1. The van der Waals surface area contributed by atoms with Gasteiger partial charge in [-0.25, -0.2) is 8.78 Å². The number of aryl methyl sites for hydroxylation is 1. The van der Waals surface area contributed by atoms with Gasteiger partial charge >= 0.3 is 0 Å². The molecule has 0 saturated carbocycles. The van der Waals surface area contributed by atoms with Crippen molar-refractivity contribution in [2.75, 3.05) is 6.54 Å². The van der Waals surface area contributed by atoms with Gasteiger partial charge in [0.2, 0.25) is 0 Å². The lowest BCUT2D eigenvalue weighted by Crippen LogP contribution is -2.29. The summed E-state index contributed by atoms with van der Waals surface area (Å²) in [6.07, 6.45) is 4.27. The molecule has 0 amide bonds. The Morgan fingerprint density at radius 1 is 1.00 bits per heavy atom. The second-order valence-corrected chi connectivity index (χ2v) is 5.50. The lowest BCUT2D eigenvalue weighted by Gasteiger charge is -2.28. The van der Waals surface area contributed by atoms with Crippen molar-refractivity contribution in [1.29, 1.82) is 0 Å². The Hall–Kier alpha value is -0.960. The van der Waals surface area contributed by atoms with Crippen molar-refractivity contribution in [2.24, 2.45) is 5.92 Å². The van der Waals surface area contributed by atoms with Gasteiger partial charge in [0.05, 0.1) is 0 Å². The topological polar surface area (TPSA) is 12.0 Å². The molecule has 0 aliphatic rings. The fourth-order valence-electron chi connectivity index (χ4n) is 2.89. The highest BCUT2D eigenvalue weighted by atomic mass is 19.1. The van der Waals surface area contributed by atoms with Crippen molar-refractivity contribution >= 4 is 0 Å². The van der Waals surface area contributed by atoms with Gasteiger partial charge in [0, 0.05) is 17.7 Å². The molecule has 1 rings (SSSR count). The maximum atomic E-state index is 14.2. The highest BCUT2D eigenvalue weighted by Crippen LogP contribution is 2.32. The average Bonchev–Trinajstić information content (AvgIpc) is 2.40. The second-order valence-electron chi connectivity index (χ2n) is 5.50. The molecule has 114 valence electrons. The minimum atomic E-state index is -0.468. The molecule has 0 fully saturated rings. The Morgan fingerprint density at radius 3 is 2.10 bits per heavy atom. The number of rotatable bonds is 8. The summed E-state index contributed by atoms with van der Waals surface area (Å²) < 4.78 is 27.6. The smallest absolute Gasteiger partial charge is 0.130 e. The van der Waals surface area contributed by atoms with E-state index in [0.717, 1.165) is 38.3 Å².